The number of fused-ring (bicyclic) bond motifs is 1. The smallest absolute Gasteiger partial charge is 0.295 e. The van der Waals surface area contributed by atoms with Crippen molar-refractivity contribution in [1.82, 2.24) is 0 Å². The average molecular weight is 299 g/mol. The monoisotopic (exact) mass is 299 g/mol. The van der Waals surface area contributed by atoms with Crippen molar-refractivity contribution in [1.29, 1.82) is 0 Å². The van der Waals surface area contributed by atoms with Crippen LogP contribution in [0, 0.1) is 11.8 Å². The first-order valence-corrected chi connectivity index (χ1v) is 7.37. The number of benzene rings is 1. The molecule has 22 heavy (non-hydrogen) atoms. The molecule has 0 heterocycles. The Kier molecular flexibility index (Phi) is 3.75. The average Bonchev–Trinajstić information content (AvgIpc) is 2.78. The molecule has 0 saturated heterocycles. The van der Waals surface area contributed by atoms with Crippen LogP contribution in [0.5, 0.6) is 0 Å². The maximum absolute atomic E-state index is 12.2. The number of aliphatic hydroxyl groups is 1. The van der Waals surface area contributed by atoms with Gasteiger partial charge in [-0.05, 0) is 37.1 Å². The number of aliphatic hydroxyl groups excluding tert-OH is 1. The number of nitrogens with two attached hydrogens (primary N) is 1. The molecule has 1 fully saturated rings. The molecule has 2 aliphatic carbocycles. The number of Topliss-reactive ketones (excluding diaryl/α,β-unsaturated/α-hetero) is 1. The van der Waals surface area contributed by atoms with Crippen LogP contribution in [0.4, 0.5) is 5.69 Å². The van der Waals surface area contributed by atoms with E-state index >= 15 is 0 Å². The second-order valence-corrected chi connectivity index (χ2v) is 5.72. The molecule has 0 spiro atoms. The highest BCUT2D eigenvalue weighted by molar-refractivity contribution is 6.01. The van der Waals surface area contributed by atoms with Gasteiger partial charge in [-0.2, -0.15) is 0 Å². The minimum atomic E-state index is -0.567. The number of carbonyl (C=O) groups is 2. The third kappa shape index (κ3) is 2.52. The summed E-state index contributed by atoms with van der Waals surface area (Å²) >= 11 is 0. The van der Waals surface area contributed by atoms with E-state index in [1.807, 2.05) is 0 Å². The first-order chi connectivity index (χ1) is 10.6. The molecule has 0 aromatic heterocycles. The number of amides is 1. The highest BCUT2D eigenvalue weighted by atomic mass is 16.3. The van der Waals surface area contributed by atoms with Crippen LogP contribution in [0.3, 0.4) is 0 Å². The van der Waals surface area contributed by atoms with Gasteiger partial charge in [0.15, 0.2) is 11.5 Å². The van der Waals surface area contributed by atoms with E-state index in [4.69, 9.17) is 5.73 Å². The number of carbonyl (C=O) groups excluding carboxylic acids is 2. The van der Waals surface area contributed by atoms with Gasteiger partial charge >= 0.3 is 0 Å². The Morgan fingerprint density at radius 2 is 1.77 bits per heavy atom. The molecule has 1 aromatic rings. The number of nitrogens with zero attached hydrogens (tertiary/aromatic N) is 2. The van der Waals surface area contributed by atoms with Crippen LogP contribution in [0.1, 0.15) is 36.0 Å². The number of nitrogen functional groups attached to an aromatic ring is 1. The summed E-state index contributed by atoms with van der Waals surface area (Å²) in [5.74, 6) is -1.13. The highest BCUT2D eigenvalue weighted by Crippen LogP contribution is 2.42. The van der Waals surface area contributed by atoms with Gasteiger partial charge in [0.25, 0.3) is 5.91 Å². The molecule has 0 bridgehead atoms. The molecule has 0 aliphatic heterocycles. The summed E-state index contributed by atoms with van der Waals surface area (Å²) in [5.41, 5.74) is 6.38. The zero-order valence-corrected chi connectivity index (χ0v) is 12.0. The SMILES string of the molecule is Nc1ccc(C(=O)N=NC2=C(O)C3CCCCC3C2=O)cc1. The third-order valence-electron chi connectivity index (χ3n) is 4.33. The van der Waals surface area contributed by atoms with E-state index in [1.165, 1.54) is 0 Å². The molecule has 1 amide bonds. The van der Waals surface area contributed by atoms with Gasteiger partial charge in [-0.1, -0.05) is 12.8 Å². The van der Waals surface area contributed by atoms with E-state index < -0.39 is 5.91 Å². The molecular formula is C16H17N3O3. The Morgan fingerprint density at radius 1 is 1.14 bits per heavy atom. The second-order valence-electron chi connectivity index (χ2n) is 5.72. The maximum Gasteiger partial charge on any atom is 0.295 e. The first-order valence-electron chi connectivity index (χ1n) is 7.37. The fraction of sp³-hybridized carbons (Fsp3) is 0.375. The molecule has 2 atom stereocenters. The Balaban J connectivity index is 1.79. The zero-order chi connectivity index (χ0) is 15.7. The predicted molar refractivity (Wildman–Crippen MR) is 80.2 cm³/mol. The topological polar surface area (TPSA) is 105 Å². The number of hydrogen-bond acceptors (Lipinski definition) is 5. The number of rotatable bonds is 2. The number of ketones is 1. The molecule has 3 N–H and O–H groups in total. The van der Waals surface area contributed by atoms with Crippen LogP contribution < -0.4 is 5.73 Å². The number of hydrogen-bond donors (Lipinski definition) is 2. The fourth-order valence-corrected chi connectivity index (χ4v) is 3.13. The summed E-state index contributed by atoms with van der Waals surface area (Å²) in [5, 5.41) is 17.5. The molecule has 1 saturated carbocycles. The van der Waals surface area contributed by atoms with E-state index in [2.05, 4.69) is 10.2 Å². The molecule has 6 heteroatoms. The Labute approximate surface area is 127 Å². The normalized spacial score (nSPS) is 24.8. The lowest BCUT2D eigenvalue weighted by Crippen LogP contribution is -2.21. The van der Waals surface area contributed by atoms with Gasteiger partial charge in [0.2, 0.25) is 0 Å². The fourth-order valence-electron chi connectivity index (χ4n) is 3.13. The van der Waals surface area contributed by atoms with Crippen LogP contribution in [0.15, 0.2) is 46.0 Å². The first kappa shape index (κ1) is 14.4. The Morgan fingerprint density at radius 3 is 2.41 bits per heavy atom. The summed E-state index contributed by atoms with van der Waals surface area (Å²) in [7, 11) is 0. The van der Waals surface area contributed by atoms with E-state index in [-0.39, 0.29) is 29.1 Å². The van der Waals surface area contributed by atoms with Crippen LogP contribution in [-0.2, 0) is 4.79 Å². The van der Waals surface area contributed by atoms with E-state index in [0.717, 1.165) is 25.7 Å². The summed E-state index contributed by atoms with van der Waals surface area (Å²) in [6.45, 7) is 0. The van der Waals surface area contributed by atoms with Crippen molar-refractivity contribution >= 4 is 17.4 Å². The van der Waals surface area contributed by atoms with Crippen LogP contribution in [0.2, 0.25) is 0 Å². The molecule has 1 aromatic carbocycles. The largest absolute Gasteiger partial charge is 0.510 e. The molecule has 3 rings (SSSR count). The third-order valence-corrected chi connectivity index (χ3v) is 4.33. The summed E-state index contributed by atoms with van der Waals surface area (Å²) in [6, 6.07) is 6.27. The van der Waals surface area contributed by atoms with Crippen molar-refractivity contribution in [2.75, 3.05) is 5.73 Å². The van der Waals surface area contributed by atoms with E-state index in [0.29, 0.717) is 11.3 Å². The lowest BCUT2D eigenvalue weighted by atomic mass is 9.80. The Hall–Kier alpha value is -2.50. The quantitative estimate of drug-likeness (QED) is 0.646. The number of anilines is 1. The summed E-state index contributed by atoms with van der Waals surface area (Å²) < 4.78 is 0. The van der Waals surface area contributed by atoms with Crippen LogP contribution in [-0.4, -0.2) is 16.8 Å². The highest BCUT2D eigenvalue weighted by Gasteiger charge is 2.43. The standard InChI is InChI=1S/C16H17N3O3/c17-10-7-5-9(6-8-10)16(22)19-18-13-14(20)11-3-1-2-4-12(11)15(13)21/h5-8,11-12,20H,1-4,17H2. The minimum Gasteiger partial charge on any atom is -0.510 e. The summed E-state index contributed by atoms with van der Waals surface area (Å²) in [6.07, 6.45) is 3.52. The molecule has 114 valence electrons. The van der Waals surface area contributed by atoms with E-state index in [1.54, 1.807) is 24.3 Å². The molecular weight excluding hydrogens is 282 g/mol. The van der Waals surface area contributed by atoms with Crippen molar-refractivity contribution in [3.63, 3.8) is 0 Å². The second kappa shape index (κ2) is 5.71. The maximum atomic E-state index is 12.2. The minimum absolute atomic E-state index is 0.0106. The van der Waals surface area contributed by atoms with Crippen molar-refractivity contribution in [2.24, 2.45) is 22.1 Å². The van der Waals surface area contributed by atoms with Crippen molar-refractivity contribution in [2.45, 2.75) is 25.7 Å². The molecule has 2 aliphatic rings. The number of azo groups is 1. The lowest BCUT2D eigenvalue weighted by molar-refractivity contribution is -0.120. The predicted octanol–water partition coefficient (Wildman–Crippen LogP) is 3.02. The van der Waals surface area contributed by atoms with Gasteiger partial charge in [-0.25, -0.2) is 0 Å². The van der Waals surface area contributed by atoms with Gasteiger partial charge in [-0.15, -0.1) is 10.2 Å². The Bertz CT molecular complexity index is 676. The van der Waals surface area contributed by atoms with Crippen molar-refractivity contribution in [3.05, 3.63) is 41.3 Å². The van der Waals surface area contributed by atoms with Gasteiger partial charge in [-0.3, -0.25) is 9.59 Å². The van der Waals surface area contributed by atoms with Gasteiger partial charge in [0, 0.05) is 23.1 Å². The van der Waals surface area contributed by atoms with Gasteiger partial charge in [0.05, 0.1) is 0 Å². The lowest BCUT2D eigenvalue weighted by Gasteiger charge is -2.23. The molecule has 6 nitrogen and oxygen atoms in total. The van der Waals surface area contributed by atoms with Gasteiger partial charge < -0.3 is 10.8 Å². The van der Waals surface area contributed by atoms with E-state index in [9.17, 15) is 14.7 Å². The zero-order valence-electron chi connectivity index (χ0n) is 12.0. The summed E-state index contributed by atoms with van der Waals surface area (Å²) in [4.78, 5) is 24.2. The van der Waals surface area contributed by atoms with Crippen molar-refractivity contribution < 1.29 is 14.7 Å². The molecule has 0 radical (unpaired) electrons. The van der Waals surface area contributed by atoms with Gasteiger partial charge in [0.1, 0.15) is 5.76 Å². The number of allylic oxidation sites excluding steroid dienone is 2. The molecule has 2 unspecified atom stereocenters. The van der Waals surface area contributed by atoms with Crippen LogP contribution in [0.25, 0.3) is 0 Å². The van der Waals surface area contributed by atoms with Crippen molar-refractivity contribution in [3.8, 4) is 0 Å². The van der Waals surface area contributed by atoms with Crippen LogP contribution >= 0.6 is 0 Å².